The third-order valence-corrected chi connectivity index (χ3v) is 4.47. The number of nitrogens with one attached hydrogen (secondary N) is 1. The fraction of sp³-hybridized carbons (Fsp3) is 0.375. The zero-order valence-corrected chi connectivity index (χ0v) is 14.2. The van der Waals surface area contributed by atoms with E-state index >= 15 is 0 Å². The van der Waals surface area contributed by atoms with Gasteiger partial charge in [-0.1, -0.05) is 0 Å². The number of nitrogens with zero attached hydrogens (tertiary/aromatic N) is 2. The Kier molecular flexibility index (Phi) is 4.48. The first kappa shape index (κ1) is 16.4. The molecule has 1 aliphatic carbocycles. The lowest BCUT2D eigenvalue weighted by molar-refractivity contribution is -0.117. The van der Waals surface area contributed by atoms with Gasteiger partial charge in [-0.05, 0) is 38.8 Å². The van der Waals surface area contributed by atoms with Gasteiger partial charge in [-0.25, -0.2) is 9.97 Å². The number of aromatic nitrogens is 2. The zero-order chi connectivity index (χ0) is 17.3. The number of pyridine rings is 1. The fourth-order valence-electron chi connectivity index (χ4n) is 2.09. The van der Waals surface area contributed by atoms with Crippen LogP contribution in [-0.2, 0) is 4.79 Å². The maximum absolute atomic E-state index is 11.8. The molecular formula is C16H18N4O3S. The van der Waals surface area contributed by atoms with Gasteiger partial charge in [-0.3, -0.25) is 9.59 Å². The molecule has 0 atom stereocenters. The van der Waals surface area contributed by atoms with Crippen molar-refractivity contribution < 1.29 is 14.3 Å². The fourth-order valence-corrected chi connectivity index (χ4v) is 2.94. The minimum absolute atomic E-state index is 0.0135. The highest BCUT2D eigenvalue weighted by Gasteiger charge is 2.29. The molecule has 2 aromatic rings. The van der Waals surface area contributed by atoms with Crippen molar-refractivity contribution in [2.75, 3.05) is 5.32 Å². The van der Waals surface area contributed by atoms with Crippen LogP contribution in [0.5, 0.6) is 5.88 Å². The lowest BCUT2D eigenvalue weighted by Crippen LogP contribution is -2.14. The topological polar surface area (TPSA) is 107 Å². The predicted molar refractivity (Wildman–Crippen MR) is 91.0 cm³/mol. The van der Waals surface area contributed by atoms with E-state index in [-0.39, 0.29) is 28.7 Å². The smallest absolute Gasteiger partial charge is 0.264 e. The number of rotatable bonds is 6. The summed E-state index contributed by atoms with van der Waals surface area (Å²) in [6.45, 7) is 3.70. The summed E-state index contributed by atoms with van der Waals surface area (Å²) in [4.78, 5) is 32.2. The van der Waals surface area contributed by atoms with Crippen LogP contribution in [0.3, 0.4) is 0 Å². The van der Waals surface area contributed by atoms with E-state index in [2.05, 4.69) is 15.3 Å². The molecule has 8 heteroatoms. The second-order valence-electron chi connectivity index (χ2n) is 5.88. The second-order valence-corrected chi connectivity index (χ2v) is 6.88. The zero-order valence-electron chi connectivity index (χ0n) is 13.4. The Balaban J connectivity index is 1.87. The summed E-state index contributed by atoms with van der Waals surface area (Å²) in [5, 5.41) is 3.38. The van der Waals surface area contributed by atoms with Gasteiger partial charge in [-0.15, -0.1) is 11.3 Å². The molecule has 0 aromatic carbocycles. The highest BCUT2D eigenvalue weighted by atomic mass is 32.1. The lowest BCUT2D eigenvalue weighted by Gasteiger charge is -2.06. The number of primary amides is 1. The molecule has 126 valence electrons. The largest absolute Gasteiger partial charge is 0.474 e. The second kappa shape index (κ2) is 6.56. The number of ether oxygens (including phenoxy) is 1. The van der Waals surface area contributed by atoms with Crippen molar-refractivity contribution in [1.29, 1.82) is 0 Å². The first-order valence-electron chi connectivity index (χ1n) is 7.68. The Morgan fingerprint density at radius 2 is 2.17 bits per heavy atom. The Morgan fingerprint density at radius 1 is 1.42 bits per heavy atom. The standard InChI is InChI=1S/C16H18N4O3S/c1-8(2)23-15-12(13(17)21)24-16(20-15)10-5-6-18-11(7-10)19-14(22)9-3-4-9/h5-9H,3-4H2,1-2H3,(H2,17,21)(H,18,19,22). The van der Waals surface area contributed by atoms with E-state index in [0.29, 0.717) is 10.8 Å². The predicted octanol–water partition coefficient (Wildman–Crippen LogP) is 2.44. The van der Waals surface area contributed by atoms with Crippen LogP contribution in [0.2, 0.25) is 0 Å². The molecule has 24 heavy (non-hydrogen) atoms. The molecule has 2 heterocycles. The number of nitrogens with two attached hydrogens (primary N) is 1. The third kappa shape index (κ3) is 3.70. The molecule has 3 rings (SSSR count). The van der Waals surface area contributed by atoms with Crippen LogP contribution in [0.1, 0.15) is 36.4 Å². The van der Waals surface area contributed by atoms with Gasteiger partial charge in [0.05, 0.1) is 6.10 Å². The van der Waals surface area contributed by atoms with E-state index in [0.717, 1.165) is 29.7 Å². The monoisotopic (exact) mass is 346 g/mol. The molecular weight excluding hydrogens is 328 g/mol. The SMILES string of the molecule is CC(C)Oc1nc(-c2ccnc(NC(=O)C3CC3)c2)sc1C(N)=O. The molecule has 0 unspecified atom stereocenters. The van der Waals surface area contributed by atoms with Gasteiger partial charge in [0.15, 0.2) is 4.88 Å². The van der Waals surface area contributed by atoms with Crippen molar-refractivity contribution in [2.45, 2.75) is 32.8 Å². The Bertz CT molecular complexity index is 783. The number of thiazole rings is 1. The first-order chi connectivity index (χ1) is 11.4. The van der Waals surface area contributed by atoms with E-state index < -0.39 is 5.91 Å². The Morgan fingerprint density at radius 3 is 2.79 bits per heavy atom. The van der Waals surface area contributed by atoms with Gasteiger partial charge < -0.3 is 15.8 Å². The minimum atomic E-state index is -0.578. The minimum Gasteiger partial charge on any atom is -0.474 e. The third-order valence-electron chi connectivity index (χ3n) is 3.37. The maximum atomic E-state index is 11.8. The molecule has 7 nitrogen and oxygen atoms in total. The normalized spacial score (nSPS) is 13.8. The summed E-state index contributed by atoms with van der Waals surface area (Å²) in [5.74, 6) is 0.207. The van der Waals surface area contributed by atoms with Crippen molar-refractivity contribution >= 4 is 29.0 Å². The molecule has 1 aliphatic rings. The van der Waals surface area contributed by atoms with Gasteiger partial charge >= 0.3 is 0 Å². The molecule has 2 amide bonds. The van der Waals surface area contributed by atoms with Gasteiger partial charge in [0.2, 0.25) is 11.8 Å². The molecule has 0 bridgehead atoms. The molecule has 2 aromatic heterocycles. The molecule has 3 N–H and O–H groups in total. The first-order valence-corrected chi connectivity index (χ1v) is 8.50. The number of amides is 2. The Labute approximate surface area is 143 Å². The molecule has 0 radical (unpaired) electrons. The van der Waals surface area contributed by atoms with E-state index in [1.54, 1.807) is 18.3 Å². The van der Waals surface area contributed by atoms with Crippen LogP contribution in [0.25, 0.3) is 10.6 Å². The molecule has 1 saturated carbocycles. The van der Waals surface area contributed by atoms with Crippen molar-refractivity contribution in [3.8, 4) is 16.5 Å². The number of hydrogen-bond donors (Lipinski definition) is 2. The highest BCUT2D eigenvalue weighted by molar-refractivity contribution is 7.17. The van der Waals surface area contributed by atoms with Crippen LogP contribution >= 0.6 is 11.3 Å². The summed E-state index contributed by atoms with van der Waals surface area (Å²) in [7, 11) is 0. The van der Waals surface area contributed by atoms with Crippen molar-refractivity contribution in [1.82, 2.24) is 9.97 Å². The molecule has 1 fully saturated rings. The number of anilines is 1. The number of carbonyl (C=O) groups is 2. The number of hydrogen-bond acceptors (Lipinski definition) is 6. The van der Waals surface area contributed by atoms with Gasteiger partial charge in [0, 0.05) is 17.7 Å². The van der Waals surface area contributed by atoms with Crippen LogP contribution in [-0.4, -0.2) is 27.9 Å². The maximum Gasteiger partial charge on any atom is 0.264 e. The molecule has 0 spiro atoms. The Hall–Kier alpha value is -2.48. The summed E-state index contributed by atoms with van der Waals surface area (Å²) < 4.78 is 5.56. The lowest BCUT2D eigenvalue weighted by atomic mass is 10.2. The van der Waals surface area contributed by atoms with Crippen molar-refractivity contribution in [2.24, 2.45) is 11.7 Å². The van der Waals surface area contributed by atoms with Gasteiger partial charge in [-0.2, -0.15) is 0 Å². The van der Waals surface area contributed by atoms with Crippen LogP contribution in [0.4, 0.5) is 5.82 Å². The summed E-state index contributed by atoms with van der Waals surface area (Å²) >= 11 is 1.16. The number of carbonyl (C=O) groups excluding carboxylic acids is 2. The summed E-state index contributed by atoms with van der Waals surface area (Å²) in [6, 6.07) is 3.48. The van der Waals surface area contributed by atoms with E-state index in [1.807, 2.05) is 13.8 Å². The van der Waals surface area contributed by atoms with Gasteiger partial charge in [0.1, 0.15) is 10.8 Å². The summed E-state index contributed by atoms with van der Waals surface area (Å²) in [5.41, 5.74) is 6.14. The average Bonchev–Trinajstić information content (AvgIpc) is 3.28. The van der Waals surface area contributed by atoms with Crippen molar-refractivity contribution in [3.05, 3.63) is 23.2 Å². The van der Waals surface area contributed by atoms with Crippen molar-refractivity contribution in [3.63, 3.8) is 0 Å². The molecule has 0 aliphatic heterocycles. The van der Waals surface area contributed by atoms with Crippen LogP contribution in [0.15, 0.2) is 18.3 Å². The quantitative estimate of drug-likeness (QED) is 0.835. The van der Waals surface area contributed by atoms with E-state index in [9.17, 15) is 9.59 Å². The molecule has 0 saturated heterocycles. The average molecular weight is 346 g/mol. The van der Waals surface area contributed by atoms with E-state index in [4.69, 9.17) is 10.5 Å². The van der Waals surface area contributed by atoms with Crippen LogP contribution in [0, 0.1) is 5.92 Å². The highest BCUT2D eigenvalue weighted by Crippen LogP contribution is 2.34. The van der Waals surface area contributed by atoms with Gasteiger partial charge in [0.25, 0.3) is 5.91 Å². The van der Waals surface area contributed by atoms with Crippen LogP contribution < -0.4 is 15.8 Å². The summed E-state index contributed by atoms with van der Waals surface area (Å²) in [6.07, 6.45) is 3.32. The van der Waals surface area contributed by atoms with E-state index in [1.165, 1.54) is 0 Å².